The van der Waals surface area contributed by atoms with Gasteiger partial charge in [0.1, 0.15) is 5.82 Å². The van der Waals surface area contributed by atoms with Crippen molar-refractivity contribution >= 4 is 0 Å². The average Bonchev–Trinajstić information content (AvgIpc) is 2.99. The van der Waals surface area contributed by atoms with Crippen molar-refractivity contribution in [2.45, 2.75) is 110 Å². The zero-order chi connectivity index (χ0) is 29.0. The second-order valence-corrected chi connectivity index (χ2v) is 11.9. The molecule has 222 valence electrons. The quantitative estimate of drug-likeness (QED) is 0.167. The fourth-order valence-electron chi connectivity index (χ4n) is 6.26. The first kappa shape index (κ1) is 31.2. The highest BCUT2D eigenvalue weighted by molar-refractivity contribution is 5.71. The summed E-state index contributed by atoms with van der Waals surface area (Å²) in [5, 5.41) is 0. The Morgan fingerprint density at radius 1 is 0.634 bits per heavy atom. The number of benzene rings is 3. The average molecular weight is 565 g/mol. The van der Waals surface area contributed by atoms with Crippen molar-refractivity contribution in [2.75, 3.05) is 6.61 Å². The first-order valence-electron chi connectivity index (χ1n) is 16.0. The molecule has 0 unspecified atom stereocenters. The van der Waals surface area contributed by atoms with Crippen LogP contribution >= 0.6 is 0 Å². The van der Waals surface area contributed by atoms with Crippen LogP contribution in [0.5, 0.6) is 5.75 Å². The largest absolute Gasteiger partial charge is 0.490 e. The molecule has 1 nitrogen and oxygen atoms in total. The summed E-state index contributed by atoms with van der Waals surface area (Å²) >= 11 is 0. The first-order chi connectivity index (χ1) is 20.0. The zero-order valence-electron chi connectivity index (χ0n) is 25.0. The molecule has 0 N–H and O–H groups in total. The molecule has 41 heavy (non-hydrogen) atoms. The summed E-state index contributed by atoms with van der Waals surface area (Å²) in [5.41, 5.74) is 3.22. The van der Waals surface area contributed by atoms with Crippen molar-refractivity contribution in [3.05, 3.63) is 77.6 Å². The molecule has 3 aromatic carbocycles. The van der Waals surface area contributed by atoms with Gasteiger partial charge in [-0.2, -0.15) is 4.39 Å². The van der Waals surface area contributed by atoms with Gasteiger partial charge in [-0.3, -0.25) is 0 Å². The van der Waals surface area contributed by atoms with E-state index in [1.165, 1.54) is 63.9 Å². The number of hydrogen-bond acceptors (Lipinski definition) is 1. The van der Waals surface area contributed by atoms with E-state index in [0.29, 0.717) is 18.1 Å². The van der Waals surface area contributed by atoms with E-state index in [1.54, 1.807) is 24.3 Å². The molecule has 0 bridgehead atoms. The zero-order valence-corrected chi connectivity index (χ0v) is 25.0. The molecule has 0 amide bonds. The maximum absolute atomic E-state index is 15.2. The lowest BCUT2D eigenvalue weighted by Gasteiger charge is -2.29. The van der Waals surface area contributed by atoms with Gasteiger partial charge < -0.3 is 4.74 Å². The van der Waals surface area contributed by atoms with E-state index in [4.69, 9.17) is 4.74 Å². The van der Waals surface area contributed by atoms with Crippen molar-refractivity contribution in [1.29, 1.82) is 0 Å². The lowest BCUT2D eigenvalue weighted by atomic mass is 9.76. The normalized spacial score (nSPS) is 17.1. The maximum atomic E-state index is 15.2. The Morgan fingerprint density at radius 2 is 1.27 bits per heavy atom. The first-order valence-corrected chi connectivity index (χ1v) is 16.0. The van der Waals surface area contributed by atoms with E-state index in [1.807, 2.05) is 24.3 Å². The molecule has 4 rings (SSSR count). The predicted octanol–water partition coefficient (Wildman–Crippen LogP) is 12.0. The number of rotatable bonds is 15. The van der Waals surface area contributed by atoms with Gasteiger partial charge in [-0.15, -0.1) is 0 Å². The van der Waals surface area contributed by atoms with Crippen LogP contribution in [0.2, 0.25) is 0 Å². The van der Waals surface area contributed by atoms with Gasteiger partial charge in [-0.1, -0.05) is 108 Å². The van der Waals surface area contributed by atoms with Gasteiger partial charge in [0.15, 0.2) is 11.6 Å². The molecule has 1 aliphatic carbocycles. The Labute approximate surface area is 245 Å². The summed E-state index contributed by atoms with van der Waals surface area (Å²) in [7, 11) is 0. The minimum atomic E-state index is -0.954. The number of hydrogen-bond donors (Lipinski definition) is 0. The summed E-state index contributed by atoms with van der Waals surface area (Å²) in [6.07, 6.45) is 16.3. The van der Waals surface area contributed by atoms with E-state index in [9.17, 15) is 8.78 Å². The smallest absolute Gasteiger partial charge is 0.201 e. The van der Waals surface area contributed by atoms with Gasteiger partial charge >= 0.3 is 0 Å². The second-order valence-electron chi connectivity index (χ2n) is 11.9. The summed E-state index contributed by atoms with van der Waals surface area (Å²) in [4.78, 5) is 0. The fraction of sp³-hybridized carbons (Fsp3) is 0.514. The van der Waals surface area contributed by atoms with Gasteiger partial charge in [0.05, 0.1) is 6.61 Å². The van der Waals surface area contributed by atoms with Gasteiger partial charge in [0, 0.05) is 5.56 Å². The molecule has 0 heterocycles. The summed E-state index contributed by atoms with van der Waals surface area (Å²) < 4.78 is 50.5. The minimum absolute atomic E-state index is 0.0445. The third-order valence-electron chi connectivity index (χ3n) is 8.83. The summed E-state index contributed by atoms with van der Waals surface area (Å²) in [6.45, 7) is 4.80. The molecule has 1 aliphatic rings. The standard InChI is InChI=1S/C37H47F3O/c1-3-5-7-8-9-11-25-41-35-24-23-33(36(39)37(35)40)30-19-17-28(18-20-30)31-21-22-32(34(38)26-31)29-15-13-27(14-16-29)12-10-6-4-2/h17-24,26-27,29H,3-16,25H2,1-2H3. The van der Waals surface area contributed by atoms with Crippen LogP contribution in [0.3, 0.4) is 0 Å². The van der Waals surface area contributed by atoms with Gasteiger partial charge in [-0.05, 0) is 84.4 Å². The van der Waals surface area contributed by atoms with Gasteiger partial charge in [0.2, 0.25) is 5.82 Å². The monoisotopic (exact) mass is 564 g/mol. The number of halogens is 3. The van der Waals surface area contributed by atoms with E-state index >= 15 is 4.39 Å². The molecule has 0 saturated heterocycles. The van der Waals surface area contributed by atoms with Crippen molar-refractivity contribution < 1.29 is 17.9 Å². The second kappa shape index (κ2) is 16.0. The van der Waals surface area contributed by atoms with Crippen LogP contribution in [0.25, 0.3) is 22.3 Å². The van der Waals surface area contributed by atoms with Crippen LogP contribution in [0.4, 0.5) is 13.2 Å². The number of unbranched alkanes of at least 4 members (excludes halogenated alkanes) is 7. The van der Waals surface area contributed by atoms with Crippen molar-refractivity contribution in [1.82, 2.24) is 0 Å². The lowest BCUT2D eigenvalue weighted by molar-refractivity contribution is 0.285. The Hall–Kier alpha value is -2.75. The lowest BCUT2D eigenvalue weighted by Crippen LogP contribution is -2.14. The molecule has 1 fully saturated rings. The van der Waals surface area contributed by atoms with Gasteiger partial charge in [0.25, 0.3) is 0 Å². The molecule has 0 radical (unpaired) electrons. The summed E-state index contributed by atoms with van der Waals surface area (Å²) in [6, 6.07) is 15.8. The molecule has 4 heteroatoms. The third kappa shape index (κ3) is 8.63. The topological polar surface area (TPSA) is 9.23 Å². The van der Waals surface area contributed by atoms with Crippen LogP contribution in [-0.4, -0.2) is 6.61 Å². The maximum Gasteiger partial charge on any atom is 0.201 e. The molecular weight excluding hydrogens is 517 g/mol. The van der Waals surface area contributed by atoms with Crippen LogP contribution in [0.15, 0.2) is 54.6 Å². The van der Waals surface area contributed by atoms with E-state index in [-0.39, 0.29) is 17.1 Å². The highest BCUT2D eigenvalue weighted by atomic mass is 19.2. The Morgan fingerprint density at radius 3 is 1.98 bits per heavy atom. The Kier molecular flexibility index (Phi) is 12.2. The fourth-order valence-corrected chi connectivity index (χ4v) is 6.26. The van der Waals surface area contributed by atoms with Gasteiger partial charge in [-0.25, -0.2) is 8.78 Å². The molecule has 0 aromatic heterocycles. The van der Waals surface area contributed by atoms with Crippen LogP contribution in [0, 0.1) is 23.4 Å². The van der Waals surface area contributed by atoms with Crippen molar-refractivity contribution in [2.24, 2.45) is 5.92 Å². The highest BCUT2D eigenvalue weighted by Crippen LogP contribution is 2.39. The molecule has 3 aromatic rings. The molecule has 0 spiro atoms. The number of ether oxygens (including phenoxy) is 1. The Bertz CT molecular complexity index is 1210. The van der Waals surface area contributed by atoms with Crippen LogP contribution in [-0.2, 0) is 0 Å². The molecule has 0 atom stereocenters. The van der Waals surface area contributed by atoms with E-state index < -0.39 is 11.6 Å². The summed E-state index contributed by atoms with van der Waals surface area (Å²) in [5.74, 6) is -0.961. The minimum Gasteiger partial charge on any atom is -0.490 e. The highest BCUT2D eigenvalue weighted by Gasteiger charge is 2.24. The van der Waals surface area contributed by atoms with Crippen molar-refractivity contribution in [3.8, 4) is 28.0 Å². The molecular formula is C37H47F3O. The SMILES string of the molecule is CCCCCCCCOc1ccc(-c2ccc(-c3ccc(C4CCC(CCCCC)CC4)c(F)c3)cc2)c(F)c1F. The van der Waals surface area contributed by atoms with E-state index in [0.717, 1.165) is 54.7 Å². The molecule has 1 saturated carbocycles. The Balaban J connectivity index is 1.34. The van der Waals surface area contributed by atoms with Crippen molar-refractivity contribution in [3.63, 3.8) is 0 Å². The van der Waals surface area contributed by atoms with E-state index in [2.05, 4.69) is 13.8 Å². The molecule has 0 aliphatic heterocycles. The van der Waals surface area contributed by atoms with Crippen LogP contribution < -0.4 is 4.74 Å². The third-order valence-corrected chi connectivity index (χ3v) is 8.83. The van der Waals surface area contributed by atoms with Crippen LogP contribution in [0.1, 0.15) is 115 Å². The predicted molar refractivity (Wildman–Crippen MR) is 165 cm³/mol.